The van der Waals surface area contributed by atoms with Gasteiger partial charge in [0.15, 0.2) is 0 Å². The fourth-order valence-corrected chi connectivity index (χ4v) is 3.75. The zero-order valence-electron chi connectivity index (χ0n) is 16.2. The minimum absolute atomic E-state index is 0.0195. The predicted molar refractivity (Wildman–Crippen MR) is 104 cm³/mol. The van der Waals surface area contributed by atoms with Gasteiger partial charge in [-0.1, -0.05) is 30.3 Å². The number of carbonyl (C=O) groups is 2. The quantitative estimate of drug-likeness (QED) is 0.754. The largest absolute Gasteiger partial charge is 0.380 e. The number of piperidine rings is 1. The number of carbonyl (C=O) groups excluding carboxylic acids is 2. The first kappa shape index (κ1) is 19.8. The number of nitrogens with two attached hydrogens (primary N) is 1. The molecule has 1 aromatic carbocycles. The van der Waals surface area contributed by atoms with Crippen LogP contribution >= 0.6 is 0 Å². The normalized spacial score (nSPS) is 19.0. The summed E-state index contributed by atoms with van der Waals surface area (Å²) in [7, 11) is 1.58. The second-order valence-electron chi connectivity index (χ2n) is 7.64. The highest BCUT2D eigenvalue weighted by Crippen LogP contribution is 2.32. The smallest absolute Gasteiger partial charge is 0.226 e. The molecule has 2 N–H and O–H groups in total. The molecular weight excluding hydrogens is 342 g/mol. The zero-order chi connectivity index (χ0) is 19.2. The summed E-state index contributed by atoms with van der Waals surface area (Å²) in [5, 5.41) is 0. The molecule has 2 aliphatic rings. The van der Waals surface area contributed by atoms with E-state index in [0.717, 1.165) is 25.7 Å². The van der Waals surface area contributed by atoms with Crippen LogP contribution in [0.2, 0.25) is 0 Å². The van der Waals surface area contributed by atoms with Gasteiger partial charge < -0.3 is 20.3 Å². The monoisotopic (exact) mass is 373 g/mol. The van der Waals surface area contributed by atoms with Gasteiger partial charge in [-0.3, -0.25) is 9.59 Å². The van der Waals surface area contributed by atoms with Crippen molar-refractivity contribution in [2.24, 2.45) is 11.7 Å². The van der Waals surface area contributed by atoms with Crippen LogP contribution in [-0.4, -0.2) is 60.5 Å². The molecule has 6 heteroatoms. The lowest BCUT2D eigenvalue weighted by Crippen LogP contribution is -2.45. The number of rotatable bonds is 8. The molecule has 0 spiro atoms. The van der Waals surface area contributed by atoms with Crippen LogP contribution in [0.3, 0.4) is 0 Å². The van der Waals surface area contributed by atoms with Crippen molar-refractivity contribution in [3.05, 3.63) is 35.9 Å². The Balaban J connectivity index is 1.53. The second kappa shape index (κ2) is 9.33. The van der Waals surface area contributed by atoms with Crippen molar-refractivity contribution in [3.8, 4) is 0 Å². The van der Waals surface area contributed by atoms with Gasteiger partial charge in [0.05, 0.1) is 12.5 Å². The van der Waals surface area contributed by atoms with Crippen LogP contribution in [0.15, 0.2) is 30.3 Å². The number of methoxy groups -OCH3 is 1. The van der Waals surface area contributed by atoms with Crippen molar-refractivity contribution in [1.29, 1.82) is 0 Å². The standard InChI is InChI=1S/C21H31N3O3/c1-27-19(14-22)13-20(25)23-11-9-17(10-12-23)21(26)24(18-7-8-18)15-16-5-3-2-4-6-16/h2-6,17-19H,7-15,22H2,1H3. The van der Waals surface area contributed by atoms with E-state index < -0.39 is 0 Å². The maximum absolute atomic E-state index is 13.1. The molecule has 6 nitrogen and oxygen atoms in total. The van der Waals surface area contributed by atoms with Crippen LogP contribution in [0.5, 0.6) is 0 Å². The van der Waals surface area contributed by atoms with E-state index in [9.17, 15) is 9.59 Å². The molecule has 1 aliphatic carbocycles. The van der Waals surface area contributed by atoms with Gasteiger partial charge in [0.1, 0.15) is 0 Å². The number of hydrogen-bond donors (Lipinski definition) is 1. The Morgan fingerprint density at radius 2 is 1.85 bits per heavy atom. The Morgan fingerprint density at radius 3 is 2.41 bits per heavy atom. The molecule has 27 heavy (non-hydrogen) atoms. The topological polar surface area (TPSA) is 75.9 Å². The first-order valence-electron chi connectivity index (χ1n) is 9.97. The number of benzene rings is 1. The van der Waals surface area contributed by atoms with Crippen molar-refractivity contribution in [2.45, 2.75) is 50.8 Å². The van der Waals surface area contributed by atoms with Crippen LogP contribution in [-0.2, 0) is 20.9 Å². The summed E-state index contributed by atoms with van der Waals surface area (Å²) in [6.45, 7) is 2.31. The lowest BCUT2D eigenvalue weighted by Gasteiger charge is -2.35. The highest BCUT2D eigenvalue weighted by Gasteiger charge is 2.37. The summed E-state index contributed by atoms with van der Waals surface area (Å²) < 4.78 is 5.21. The maximum Gasteiger partial charge on any atom is 0.226 e. The van der Waals surface area contributed by atoms with Gasteiger partial charge in [0.25, 0.3) is 0 Å². The third-order valence-corrected chi connectivity index (χ3v) is 5.66. The van der Waals surface area contributed by atoms with E-state index >= 15 is 0 Å². The lowest BCUT2D eigenvalue weighted by atomic mass is 9.94. The van der Waals surface area contributed by atoms with Gasteiger partial charge in [0, 0.05) is 45.2 Å². The van der Waals surface area contributed by atoms with Crippen LogP contribution < -0.4 is 5.73 Å². The molecule has 1 atom stereocenters. The fourth-order valence-electron chi connectivity index (χ4n) is 3.75. The van der Waals surface area contributed by atoms with E-state index in [1.165, 1.54) is 5.56 Å². The predicted octanol–water partition coefficient (Wildman–Crippen LogP) is 1.78. The van der Waals surface area contributed by atoms with E-state index in [0.29, 0.717) is 38.6 Å². The number of hydrogen-bond acceptors (Lipinski definition) is 4. The molecule has 1 aliphatic heterocycles. The van der Waals surface area contributed by atoms with Gasteiger partial charge >= 0.3 is 0 Å². The SMILES string of the molecule is COC(CN)CC(=O)N1CCC(C(=O)N(Cc2ccccc2)C2CC2)CC1. The van der Waals surface area contributed by atoms with Gasteiger partial charge in [-0.2, -0.15) is 0 Å². The van der Waals surface area contributed by atoms with Gasteiger partial charge in [-0.25, -0.2) is 0 Å². The van der Waals surface area contributed by atoms with Crippen LogP contribution in [0.4, 0.5) is 0 Å². The highest BCUT2D eigenvalue weighted by atomic mass is 16.5. The number of amides is 2. The molecule has 0 bridgehead atoms. The molecule has 1 saturated carbocycles. The van der Waals surface area contributed by atoms with Crippen molar-refractivity contribution in [3.63, 3.8) is 0 Å². The lowest BCUT2D eigenvalue weighted by molar-refractivity contribution is -0.142. The Labute approximate surface area is 161 Å². The fraction of sp³-hybridized carbons (Fsp3) is 0.619. The van der Waals surface area contributed by atoms with Gasteiger partial charge in [-0.15, -0.1) is 0 Å². The third kappa shape index (κ3) is 5.30. The molecule has 1 heterocycles. The molecule has 0 radical (unpaired) electrons. The second-order valence-corrected chi connectivity index (χ2v) is 7.64. The molecular formula is C21H31N3O3. The molecule has 0 aromatic heterocycles. The molecule has 2 fully saturated rings. The number of ether oxygens (including phenoxy) is 1. The molecule has 2 amide bonds. The maximum atomic E-state index is 13.1. The van der Waals surface area contributed by atoms with Crippen molar-refractivity contribution in [2.75, 3.05) is 26.7 Å². The summed E-state index contributed by atoms with van der Waals surface area (Å²) in [6.07, 6.45) is 3.77. The molecule has 1 unspecified atom stereocenters. The Morgan fingerprint density at radius 1 is 1.19 bits per heavy atom. The summed E-state index contributed by atoms with van der Waals surface area (Å²) >= 11 is 0. The highest BCUT2D eigenvalue weighted by molar-refractivity contribution is 5.81. The summed E-state index contributed by atoms with van der Waals surface area (Å²) in [5.74, 6) is 0.345. The van der Waals surface area contributed by atoms with Crippen LogP contribution in [0, 0.1) is 5.92 Å². The number of likely N-dealkylation sites (tertiary alicyclic amines) is 1. The van der Waals surface area contributed by atoms with E-state index in [4.69, 9.17) is 10.5 Å². The summed E-state index contributed by atoms with van der Waals surface area (Å²) in [4.78, 5) is 29.4. The van der Waals surface area contributed by atoms with E-state index in [-0.39, 0.29) is 23.8 Å². The molecule has 3 rings (SSSR count). The van der Waals surface area contributed by atoms with Gasteiger partial charge in [-0.05, 0) is 31.2 Å². The van der Waals surface area contributed by atoms with Crippen molar-refractivity contribution < 1.29 is 14.3 Å². The molecule has 1 aromatic rings. The first-order valence-corrected chi connectivity index (χ1v) is 9.97. The van der Waals surface area contributed by atoms with Crippen LogP contribution in [0.25, 0.3) is 0 Å². The Kier molecular flexibility index (Phi) is 6.85. The third-order valence-electron chi connectivity index (χ3n) is 5.66. The van der Waals surface area contributed by atoms with E-state index in [1.54, 1.807) is 7.11 Å². The van der Waals surface area contributed by atoms with Crippen LogP contribution in [0.1, 0.15) is 37.7 Å². The summed E-state index contributed by atoms with van der Waals surface area (Å²) in [6, 6.07) is 10.6. The zero-order valence-corrected chi connectivity index (χ0v) is 16.2. The minimum atomic E-state index is -0.229. The van der Waals surface area contributed by atoms with Crippen molar-refractivity contribution >= 4 is 11.8 Å². The molecule has 148 valence electrons. The first-order chi connectivity index (χ1) is 13.1. The molecule has 1 saturated heterocycles. The summed E-state index contributed by atoms with van der Waals surface area (Å²) in [5.41, 5.74) is 6.79. The Bertz CT molecular complexity index is 621. The van der Waals surface area contributed by atoms with E-state index in [1.807, 2.05) is 23.1 Å². The average molecular weight is 373 g/mol. The average Bonchev–Trinajstić information content (AvgIpc) is 3.55. The minimum Gasteiger partial charge on any atom is -0.380 e. The number of nitrogens with zero attached hydrogens (tertiary/aromatic N) is 2. The Hall–Kier alpha value is -1.92. The van der Waals surface area contributed by atoms with E-state index in [2.05, 4.69) is 17.0 Å². The van der Waals surface area contributed by atoms with Crippen molar-refractivity contribution in [1.82, 2.24) is 9.80 Å². The van der Waals surface area contributed by atoms with Gasteiger partial charge in [0.2, 0.25) is 11.8 Å².